The van der Waals surface area contributed by atoms with E-state index in [0.29, 0.717) is 23.9 Å². The van der Waals surface area contributed by atoms with E-state index in [1.165, 1.54) is 19.3 Å². The Morgan fingerprint density at radius 3 is 2.45 bits per heavy atom. The molecule has 170 valence electrons. The Labute approximate surface area is 185 Å². The highest BCUT2D eigenvalue weighted by Crippen LogP contribution is 2.30. The Balaban J connectivity index is 1.91. The summed E-state index contributed by atoms with van der Waals surface area (Å²) in [4.78, 5) is 27.7. The van der Waals surface area contributed by atoms with E-state index < -0.39 is 12.0 Å². The van der Waals surface area contributed by atoms with Gasteiger partial charge in [0.15, 0.2) is 0 Å². The zero-order valence-electron chi connectivity index (χ0n) is 19.1. The van der Waals surface area contributed by atoms with E-state index >= 15 is 0 Å². The van der Waals surface area contributed by atoms with Gasteiger partial charge in [-0.1, -0.05) is 31.4 Å². The highest BCUT2D eigenvalue weighted by atomic mass is 16.5. The largest absolute Gasteiger partial charge is 0.491 e. The fourth-order valence-corrected chi connectivity index (χ4v) is 4.35. The molecule has 1 aromatic carbocycles. The molecule has 0 bridgehead atoms. The van der Waals surface area contributed by atoms with Crippen LogP contribution in [0.2, 0.25) is 0 Å². The molecule has 1 heterocycles. The molecule has 2 N–H and O–H groups in total. The zero-order valence-corrected chi connectivity index (χ0v) is 19.1. The molecule has 2 amide bonds. The van der Waals surface area contributed by atoms with Crippen molar-refractivity contribution in [3.63, 3.8) is 0 Å². The maximum absolute atomic E-state index is 13.0. The van der Waals surface area contributed by atoms with Crippen LogP contribution in [0.25, 0.3) is 0 Å². The Bertz CT molecular complexity index is 798. The average Bonchev–Trinajstić information content (AvgIpc) is 2.74. The number of ether oxygens (including phenoxy) is 2. The van der Waals surface area contributed by atoms with Gasteiger partial charge in [-0.15, -0.1) is 0 Å². The second-order valence-corrected chi connectivity index (χ2v) is 8.59. The molecule has 2 aliphatic rings. The van der Waals surface area contributed by atoms with E-state index in [9.17, 15) is 9.59 Å². The molecule has 0 saturated heterocycles. The van der Waals surface area contributed by atoms with Crippen molar-refractivity contribution in [1.82, 2.24) is 15.5 Å². The van der Waals surface area contributed by atoms with Crippen molar-refractivity contribution in [2.75, 3.05) is 20.2 Å². The molecule has 1 aromatic rings. The van der Waals surface area contributed by atoms with E-state index in [1.807, 2.05) is 38.1 Å². The van der Waals surface area contributed by atoms with Crippen molar-refractivity contribution in [2.45, 2.75) is 71.1 Å². The maximum Gasteiger partial charge on any atom is 0.338 e. The standard InChI is InChI=1S/C24H35N3O4/c1-5-30-23(28)21-20(15-27(4)18-9-7-6-8-10-18)25-24(29)26-22(21)17-11-13-19(14-12-17)31-16(2)3/h11-14,16,18,22H,5-10,15H2,1-4H3,(H2,25,26,29)/t22-/m0/s1. The third-order valence-corrected chi connectivity index (χ3v) is 5.84. The van der Waals surface area contributed by atoms with Gasteiger partial charge in [-0.05, 0) is 58.4 Å². The Morgan fingerprint density at radius 2 is 1.84 bits per heavy atom. The number of hydrogen-bond acceptors (Lipinski definition) is 5. The van der Waals surface area contributed by atoms with Crippen molar-refractivity contribution >= 4 is 12.0 Å². The molecule has 7 heteroatoms. The highest BCUT2D eigenvalue weighted by molar-refractivity contribution is 5.95. The number of nitrogens with one attached hydrogen (secondary N) is 2. The van der Waals surface area contributed by atoms with Gasteiger partial charge in [0.2, 0.25) is 0 Å². The molecule has 3 rings (SSSR count). The minimum Gasteiger partial charge on any atom is -0.491 e. The van der Waals surface area contributed by atoms with E-state index in [-0.39, 0.29) is 18.7 Å². The lowest BCUT2D eigenvalue weighted by Gasteiger charge is -2.35. The van der Waals surface area contributed by atoms with Crippen molar-refractivity contribution in [3.05, 3.63) is 41.1 Å². The first-order chi connectivity index (χ1) is 14.9. The van der Waals surface area contributed by atoms with E-state index in [1.54, 1.807) is 6.92 Å². The Hall–Kier alpha value is -2.54. The van der Waals surface area contributed by atoms with Crippen molar-refractivity contribution in [3.8, 4) is 5.75 Å². The van der Waals surface area contributed by atoms with Crippen molar-refractivity contribution < 1.29 is 19.1 Å². The van der Waals surface area contributed by atoms with Crippen molar-refractivity contribution in [2.24, 2.45) is 0 Å². The molecule has 1 atom stereocenters. The van der Waals surface area contributed by atoms with Crippen molar-refractivity contribution in [1.29, 1.82) is 0 Å². The number of carbonyl (C=O) groups is 2. The number of urea groups is 1. The number of nitrogens with zero attached hydrogens (tertiary/aromatic N) is 1. The summed E-state index contributed by atoms with van der Waals surface area (Å²) in [5, 5.41) is 5.77. The van der Waals surface area contributed by atoms with Gasteiger partial charge in [0.1, 0.15) is 5.75 Å². The summed E-state index contributed by atoms with van der Waals surface area (Å²) in [6, 6.07) is 7.07. The Morgan fingerprint density at radius 1 is 1.16 bits per heavy atom. The lowest BCUT2D eigenvalue weighted by Crippen LogP contribution is -2.49. The first-order valence-electron chi connectivity index (χ1n) is 11.3. The van der Waals surface area contributed by atoms with E-state index in [4.69, 9.17) is 9.47 Å². The van der Waals surface area contributed by atoms with Gasteiger partial charge >= 0.3 is 12.0 Å². The molecule has 0 aromatic heterocycles. The summed E-state index contributed by atoms with van der Waals surface area (Å²) in [7, 11) is 2.06. The third kappa shape index (κ3) is 6.00. The van der Waals surface area contributed by atoms with Crippen LogP contribution in [-0.2, 0) is 9.53 Å². The summed E-state index contributed by atoms with van der Waals surface area (Å²) in [5.41, 5.74) is 1.89. The third-order valence-electron chi connectivity index (χ3n) is 5.84. The summed E-state index contributed by atoms with van der Waals surface area (Å²) < 4.78 is 11.1. The van der Waals surface area contributed by atoms with Crippen LogP contribution in [0.4, 0.5) is 4.79 Å². The highest BCUT2D eigenvalue weighted by Gasteiger charge is 2.34. The fourth-order valence-electron chi connectivity index (χ4n) is 4.35. The van der Waals surface area contributed by atoms with Gasteiger partial charge in [-0.2, -0.15) is 0 Å². The van der Waals surface area contributed by atoms with Crippen LogP contribution in [0, 0.1) is 0 Å². The SMILES string of the molecule is CCOC(=O)C1=C(CN(C)C2CCCCC2)NC(=O)N[C@H]1c1ccc(OC(C)C)cc1. The molecule has 1 saturated carbocycles. The number of rotatable bonds is 8. The molecule has 0 unspecified atom stereocenters. The molecule has 0 radical (unpaired) electrons. The molecular formula is C24H35N3O4. The zero-order chi connectivity index (χ0) is 22.4. The van der Waals surface area contributed by atoms with Crippen LogP contribution >= 0.6 is 0 Å². The first kappa shape index (κ1) is 23.1. The van der Waals surface area contributed by atoms with Crippen LogP contribution < -0.4 is 15.4 Å². The van der Waals surface area contributed by atoms with Gasteiger partial charge in [-0.25, -0.2) is 9.59 Å². The predicted molar refractivity (Wildman–Crippen MR) is 120 cm³/mol. The van der Waals surface area contributed by atoms with Gasteiger partial charge in [0.25, 0.3) is 0 Å². The number of esters is 1. The number of amides is 2. The molecule has 1 aliphatic carbocycles. The number of carbonyl (C=O) groups excluding carboxylic acids is 2. The number of hydrogen-bond donors (Lipinski definition) is 2. The molecule has 0 spiro atoms. The summed E-state index contributed by atoms with van der Waals surface area (Å²) in [6.07, 6.45) is 6.08. The molecule has 1 fully saturated rings. The van der Waals surface area contributed by atoms with Crippen LogP contribution in [0.5, 0.6) is 5.75 Å². The van der Waals surface area contributed by atoms with E-state index in [0.717, 1.165) is 24.2 Å². The maximum atomic E-state index is 13.0. The summed E-state index contributed by atoms with van der Waals surface area (Å²) in [6.45, 7) is 6.50. The van der Waals surface area contributed by atoms with Crippen LogP contribution in [-0.4, -0.2) is 49.2 Å². The lowest BCUT2D eigenvalue weighted by molar-refractivity contribution is -0.139. The second-order valence-electron chi connectivity index (χ2n) is 8.59. The monoisotopic (exact) mass is 429 g/mol. The van der Waals surface area contributed by atoms with Gasteiger partial charge < -0.3 is 20.1 Å². The summed E-state index contributed by atoms with van der Waals surface area (Å²) >= 11 is 0. The second kappa shape index (κ2) is 10.7. The van der Waals surface area contributed by atoms with Crippen LogP contribution in [0.15, 0.2) is 35.5 Å². The molecule has 1 aliphatic heterocycles. The average molecular weight is 430 g/mol. The first-order valence-corrected chi connectivity index (χ1v) is 11.3. The molecule has 7 nitrogen and oxygen atoms in total. The summed E-state index contributed by atoms with van der Waals surface area (Å²) in [5.74, 6) is 0.340. The lowest BCUT2D eigenvalue weighted by atomic mass is 9.92. The van der Waals surface area contributed by atoms with Gasteiger partial charge in [0.05, 0.1) is 24.3 Å². The smallest absolute Gasteiger partial charge is 0.338 e. The van der Waals surface area contributed by atoms with Crippen LogP contribution in [0.3, 0.4) is 0 Å². The molecular weight excluding hydrogens is 394 g/mol. The number of benzene rings is 1. The fraction of sp³-hybridized carbons (Fsp3) is 0.583. The molecule has 31 heavy (non-hydrogen) atoms. The minimum absolute atomic E-state index is 0.0707. The minimum atomic E-state index is -0.573. The topological polar surface area (TPSA) is 79.9 Å². The Kier molecular flexibility index (Phi) is 7.96. The van der Waals surface area contributed by atoms with Gasteiger partial charge in [-0.3, -0.25) is 4.90 Å². The predicted octanol–water partition coefficient (Wildman–Crippen LogP) is 3.91. The van der Waals surface area contributed by atoms with E-state index in [2.05, 4.69) is 22.6 Å². The number of likely N-dealkylation sites (N-methyl/N-ethyl adjacent to an activating group) is 1. The quantitative estimate of drug-likeness (QED) is 0.613. The normalized spacial score (nSPS) is 19.9. The van der Waals surface area contributed by atoms with Crippen LogP contribution in [0.1, 0.15) is 64.5 Å². The van der Waals surface area contributed by atoms with Gasteiger partial charge in [0, 0.05) is 18.3 Å².